The molecule has 0 aromatic rings. The van der Waals surface area contributed by atoms with Crippen LogP contribution in [0.25, 0.3) is 0 Å². The van der Waals surface area contributed by atoms with E-state index in [1.807, 2.05) is 4.90 Å². The van der Waals surface area contributed by atoms with Crippen LogP contribution in [0.3, 0.4) is 0 Å². The Morgan fingerprint density at radius 1 is 1.22 bits per heavy atom. The van der Waals surface area contributed by atoms with E-state index in [4.69, 9.17) is 0 Å². The Kier molecular flexibility index (Phi) is 3.96. The van der Waals surface area contributed by atoms with Crippen LogP contribution in [0.15, 0.2) is 0 Å². The van der Waals surface area contributed by atoms with E-state index in [-0.39, 0.29) is 11.7 Å². The summed E-state index contributed by atoms with van der Waals surface area (Å²) in [6.45, 7) is 5.77. The van der Waals surface area contributed by atoms with Crippen molar-refractivity contribution in [1.82, 2.24) is 9.80 Å². The lowest BCUT2D eigenvalue weighted by Gasteiger charge is -2.34. The molecule has 2 atom stereocenters. The fourth-order valence-corrected chi connectivity index (χ4v) is 2.98. The highest BCUT2D eigenvalue weighted by atomic mass is 32.2. The van der Waals surface area contributed by atoms with Crippen LogP contribution in [0, 0.1) is 11.8 Å². The van der Waals surface area contributed by atoms with Gasteiger partial charge in [0.25, 0.3) is 0 Å². The van der Waals surface area contributed by atoms with Crippen molar-refractivity contribution in [2.75, 3.05) is 44.7 Å². The van der Waals surface area contributed by atoms with E-state index in [0.29, 0.717) is 18.4 Å². The molecular weight excluding hydrogens is 252 g/mol. The van der Waals surface area contributed by atoms with E-state index in [1.54, 1.807) is 0 Å². The Morgan fingerprint density at radius 2 is 1.78 bits per heavy atom. The van der Waals surface area contributed by atoms with Gasteiger partial charge in [-0.15, -0.1) is 0 Å². The first kappa shape index (κ1) is 13.8. The van der Waals surface area contributed by atoms with Crippen molar-refractivity contribution in [1.29, 1.82) is 0 Å². The molecule has 1 heterocycles. The summed E-state index contributed by atoms with van der Waals surface area (Å²) < 4.78 is 22.2. The number of rotatable bonds is 4. The van der Waals surface area contributed by atoms with Crippen LogP contribution in [0.1, 0.15) is 13.3 Å². The summed E-state index contributed by atoms with van der Waals surface area (Å²) in [4.78, 5) is 16.1. The molecule has 1 saturated carbocycles. The number of sulfone groups is 1. The largest absolute Gasteiger partial charge is 0.340 e. The lowest BCUT2D eigenvalue weighted by Crippen LogP contribution is -2.50. The third-order valence-corrected chi connectivity index (χ3v) is 4.81. The molecule has 104 valence electrons. The van der Waals surface area contributed by atoms with E-state index >= 15 is 0 Å². The van der Waals surface area contributed by atoms with Gasteiger partial charge in [0.1, 0.15) is 9.84 Å². The summed E-state index contributed by atoms with van der Waals surface area (Å²) in [6.07, 6.45) is 2.30. The first-order valence-corrected chi connectivity index (χ1v) is 8.62. The van der Waals surface area contributed by atoms with Crippen LogP contribution < -0.4 is 0 Å². The van der Waals surface area contributed by atoms with Crippen molar-refractivity contribution in [2.45, 2.75) is 13.3 Å². The Hall–Kier alpha value is -0.620. The minimum absolute atomic E-state index is 0.209. The normalized spacial score (nSPS) is 29.3. The maximum absolute atomic E-state index is 12.0. The zero-order chi connectivity index (χ0) is 13.3. The van der Waals surface area contributed by atoms with Crippen molar-refractivity contribution in [3.05, 3.63) is 0 Å². The van der Waals surface area contributed by atoms with Crippen LogP contribution in [-0.4, -0.2) is 68.9 Å². The van der Waals surface area contributed by atoms with E-state index in [0.717, 1.165) is 32.6 Å². The molecule has 0 N–H and O–H groups in total. The van der Waals surface area contributed by atoms with Crippen molar-refractivity contribution in [3.8, 4) is 0 Å². The lowest BCUT2D eigenvalue weighted by atomic mass is 10.2. The van der Waals surface area contributed by atoms with E-state index in [9.17, 15) is 13.2 Å². The molecule has 0 radical (unpaired) electrons. The minimum atomic E-state index is -2.89. The van der Waals surface area contributed by atoms with Crippen LogP contribution >= 0.6 is 0 Å². The number of carbonyl (C=O) groups is 1. The topological polar surface area (TPSA) is 57.7 Å². The summed E-state index contributed by atoms with van der Waals surface area (Å²) in [5.41, 5.74) is 0. The Bertz CT molecular complexity index is 413. The van der Waals surface area contributed by atoms with Gasteiger partial charge >= 0.3 is 0 Å². The van der Waals surface area contributed by atoms with Gasteiger partial charge in [0.15, 0.2) is 0 Å². The molecule has 1 aliphatic heterocycles. The van der Waals surface area contributed by atoms with Crippen LogP contribution in [0.4, 0.5) is 0 Å². The molecule has 2 aliphatic rings. The first-order chi connectivity index (χ1) is 8.37. The second-order valence-electron chi connectivity index (χ2n) is 5.62. The third-order valence-electron chi connectivity index (χ3n) is 3.89. The van der Waals surface area contributed by atoms with E-state index in [1.165, 1.54) is 6.26 Å². The maximum Gasteiger partial charge on any atom is 0.226 e. The SMILES string of the molecule is C[C@H]1C[C@@H]1C(=O)N1CCN(CCS(C)(=O)=O)CC1. The molecule has 1 saturated heterocycles. The number of hydrogen-bond acceptors (Lipinski definition) is 4. The van der Waals surface area contributed by atoms with Gasteiger partial charge in [0.2, 0.25) is 5.91 Å². The van der Waals surface area contributed by atoms with Gasteiger partial charge in [-0.05, 0) is 12.3 Å². The van der Waals surface area contributed by atoms with Gasteiger partial charge in [-0.25, -0.2) is 8.42 Å². The molecule has 2 fully saturated rings. The molecule has 1 aliphatic carbocycles. The van der Waals surface area contributed by atoms with Gasteiger partial charge in [0.05, 0.1) is 5.75 Å². The Labute approximate surface area is 109 Å². The number of hydrogen-bond donors (Lipinski definition) is 0. The summed E-state index contributed by atoms with van der Waals surface area (Å²) in [5, 5.41) is 0. The quantitative estimate of drug-likeness (QED) is 0.714. The molecule has 2 rings (SSSR count). The minimum Gasteiger partial charge on any atom is -0.340 e. The summed E-state index contributed by atoms with van der Waals surface area (Å²) in [5.74, 6) is 1.32. The predicted molar refractivity (Wildman–Crippen MR) is 70.0 cm³/mol. The lowest BCUT2D eigenvalue weighted by molar-refractivity contribution is -0.134. The standard InChI is InChI=1S/C12H22N2O3S/c1-10-9-11(10)12(15)14-5-3-13(4-6-14)7-8-18(2,16)17/h10-11H,3-9H2,1-2H3/t10-,11-/m0/s1. The molecule has 1 amide bonds. The van der Waals surface area contributed by atoms with Crippen LogP contribution in [0.5, 0.6) is 0 Å². The van der Waals surface area contributed by atoms with E-state index in [2.05, 4.69) is 11.8 Å². The van der Waals surface area contributed by atoms with E-state index < -0.39 is 9.84 Å². The highest BCUT2D eigenvalue weighted by Gasteiger charge is 2.41. The molecule has 0 bridgehead atoms. The Morgan fingerprint density at radius 3 is 2.22 bits per heavy atom. The zero-order valence-corrected chi connectivity index (χ0v) is 11.9. The molecular formula is C12H22N2O3S. The summed E-state index contributed by atoms with van der Waals surface area (Å²) >= 11 is 0. The molecule has 5 nitrogen and oxygen atoms in total. The highest BCUT2D eigenvalue weighted by molar-refractivity contribution is 7.90. The fraction of sp³-hybridized carbons (Fsp3) is 0.917. The maximum atomic E-state index is 12.0. The van der Waals surface area contributed by atoms with Crippen LogP contribution in [-0.2, 0) is 14.6 Å². The predicted octanol–water partition coefficient (Wildman–Crippen LogP) is -0.169. The number of amides is 1. The average Bonchev–Trinajstić information content (AvgIpc) is 3.03. The molecule has 6 heteroatoms. The number of nitrogens with zero attached hydrogens (tertiary/aromatic N) is 2. The van der Waals surface area contributed by atoms with Gasteiger partial charge < -0.3 is 4.90 Å². The molecule has 18 heavy (non-hydrogen) atoms. The molecule has 0 spiro atoms. The summed E-state index contributed by atoms with van der Waals surface area (Å²) in [7, 11) is -2.89. The van der Waals surface area contributed by atoms with Gasteiger partial charge in [0, 0.05) is 44.9 Å². The second kappa shape index (κ2) is 5.17. The monoisotopic (exact) mass is 274 g/mol. The van der Waals surface area contributed by atoms with Crippen molar-refractivity contribution < 1.29 is 13.2 Å². The molecule has 0 aromatic heterocycles. The molecule has 0 unspecified atom stereocenters. The van der Waals surface area contributed by atoms with Gasteiger partial charge in [-0.2, -0.15) is 0 Å². The smallest absolute Gasteiger partial charge is 0.226 e. The van der Waals surface area contributed by atoms with Crippen molar-refractivity contribution >= 4 is 15.7 Å². The number of piperazine rings is 1. The van der Waals surface area contributed by atoms with Crippen molar-refractivity contribution in [2.24, 2.45) is 11.8 Å². The highest BCUT2D eigenvalue weighted by Crippen LogP contribution is 2.39. The Balaban J connectivity index is 1.73. The van der Waals surface area contributed by atoms with Crippen molar-refractivity contribution in [3.63, 3.8) is 0 Å². The summed E-state index contributed by atoms with van der Waals surface area (Å²) in [6, 6.07) is 0. The van der Waals surface area contributed by atoms with Crippen LogP contribution in [0.2, 0.25) is 0 Å². The van der Waals surface area contributed by atoms with Gasteiger partial charge in [-0.1, -0.05) is 6.92 Å². The average molecular weight is 274 g/mol. The van der Waals surface area contributed by atoms with Gasteiger partial charge in [-0.3, -0.25) is 9.69 Å². The second-order valence-corrected chi connectivity index (χ2v) is 7.88. The fourth-order valence-electron chi connectivity index (χ4n) is 2.39. The number of carbonyl (C=O) groups excluding carboxylic acids is 1. The third kappa shape index (κ3) is 3.68. The zero-order valence-electron chi connectivity index (χ0n) is 11.1. The first-order valence-electron chi connectivity index (χ1n) is 6.55. The molecule has 0 aromatic carbocycles.